The first-order valence-electron chi connectivity index (χ1n) is 8.72. The molecule has 2 aromatic carbocycles. The maximum absolute atomic E-state index is 12.5. The van der Waals surface area contributed by atoms with Gasteiger partial charge in [0.1, 0.15) is 0 Å². The summed E-state index contributed by atoms with van der Waals surface area (Å²) in [7, 11) is 0. The molecule has 138 valence electrons. The van der Waals surface area contributed by atoms with Gasteiger partial charge in [0.25, 0.3) is 0 Å². The smallest absolute Gasteiger partial charge is 0.238 e. The standard InChI is InChI=1S/C22H22N2OS2/c1-2-14-26-19-12-7-6-11-18(19)24-21(25)16-23-22(20-13-8-15-27-20)17-9-4-3-5-10-17/h2-13,15,22-23H,1,14,16H2,(H,24,25)/t22-/m0/s1. The van der Waals surface area contributed by atoms with Crippen molar-refractivity contribution in [3.8, 4) is 0 Å². The molecule has 0 spiro atoms. The fourth-order valence-electron chi connectivity index (χ4n) is 2.72. The Hall–Kier alpha value is -2.34. The lowest BCUT2D eigenvalue weighted by Crippen LogP contribution is -2.31. The SMILES string of the molecule is C=CCSc1ccccc1NC(=O)CN[C@@H](c1ccccc1)c1cccs1. The minimum atomic E-state index is -0.0564. The lowest BCUT2D eigenvalue weighted by atomic mass is 10.1. The number of hydrogen-bond acceptors (Lipinski definition) is 4. The molecule has 1 aromatic heterocycles. The number of anilines is 1. The molecule has 0 saturated heterocycles. The molecule has 3 rings (SSSR count). The summed E-state index contributed by atoms with van der Waals surface area (Å²) in [5, 5.41) is 8.47. The van der Waals surface area contributed by atoms with Gasteiger partial charge in [-0.05, 0) is 29.1 Å². The van der Waals surface area contributed by atoms with E-state index in [4.69, 9.17) is 0 Å². The van der Waals surface area contributed by atoms with E-state index in [9.17, 15) is 4.79 Å². The molecule has 0 bridgehead atoms. The summed E-state index contributed by atoms with van der Waals surface area (Å²) in [4.78, 5) is 14.8. The Morgan fingerprint density at radius 2 is 1.85 bits per heavy atom. The van der Waals surface area contributed by atoms with Crippen LogP contribution in [-0.2, 0) is 4.79 Å². The van der Waals surface area contributed by atoms with Crippen molar-refractivity contribution in [3.05, 3.63) is 95.2 Å². The van der Waals surface area contributed by atoms with Gasteiger partial charge in [0, 0.05) is 15.5 Å². The summed E-state index contributed by atoms with van der Waals surface area (Å²) < 4.78 is 0. The molecule has 0 radical (unpaired) electrons. The summed E-state index contributed by atoms with van der Waals surface area (Å²) in [5.41, 5.74) is 1.98. The van der Waals surface area contributed by atoms with Crippen molar-refractivity contribution in [1.82, 2.24) is 5.32 Å². The molecule has 1 atom stereocenters. The Morgan fingerprint density at radius 1 is 1.07 bits per heavy atom. The second kappa shape index (κ2) is 10.1. The Kier molecular flexibility index (Phi) is 7.27. The molecule has 27 heavy (non-hydrogen) atoms. The summed E-state index contributed by atoms with van der Waals surface area (Å²) >= 11 is 3.34. The topological polar surface area (TPSA) is 41.1 Å². The first kappa shape index (κ1) is 19.4. The third-order valence-electron chi connectivity index (χ3n) is 3.95. The fourth-order valence-corrected chi connectivity index (χ4v) is 4.29. The number of nitrogens with one attached hydrogen (secondary N) is 2. The van der Waals surface area contributed by atoms with Gasteiger partial charge in [-0.3, -0.25) is 10.1 Å². The molecule has 0 fully saturated rings. The first-order valence-corrected chi connectivity index (χ1v) is 10.6. The average molecular weight is 395 g/mol. The van der Waals surface area contributed by atoms with Gasteiger partial charge in [-0.25, -0.2) is 0 Å². The average Bonchev–Trinajstić information content (AvgIpc) is 3.23. The second-order valence-electron chi connectivity index (χ2n) is 5.88. The maximum atomic E-state index is 12.5. The highest BCUT2D eigenvalue weighted by atomic mass is 32.2. The van der Waals surface area contributed by atoms with Gasteiger partial charge in [-0.2, -0.15) is 0 Å². The number of rotatable bonds is 9. The summed E-state index contributed by atoms with van der Waals surface area (Å²) in [6.45, 7) is 3.99. The molecule has 0 saturated carbocycles. The van der Waals surface area contributed by atoms with Crippen molar-refractivity contribution < 1.29 is 4.79 Å². The monoisotopic (exact) mass is 394 g/mol. The Bertz CT molecular complexity index is 863. The zero-order valence-corrected chi connectivity index (χ0v) is 16.6. The predicted octanol–water partition coefficient (Wildman–Crippen LogP) is 5.34. The van der Waals surface area contributed by atoms with Gasteiger partial charge in [0.05, 0.1) is 18.3 Å². The van der Waals surface area contributed by atoms with Crippen LogP contribution in [0.4, 0.5) is 5.69 Å². The van der Waals surface area contributed by atoms with E-state index < -0.39 is 0 Å². The maximum Gasteiger partial charge on any atom is 0.238 e. The van der Waals surface area contributed by atoms with E-state index in [1.807, 2.05) is 54.6 Å². The number of amides is 1. The van der Waals surface area contributed by atoms with Gasteiger partial charge in [0.15, 0.2) is 0 Å². The van der Waals surface area contributed by atoms with Crippen molar-refractivity contribution in [1.29, 1.82) is 0 Å². The molecule has 0 aliphatic rings. The van der Waals surface area contributed by atoms with Crippen molar-refractivity contribution in [2.75, 3.05) is 17.6 Å². The number of carbonyl (C=O) groups excluding carboxylic acids is 1. The number of hydrogen-bond donors (Lipinski definition) is 2. The van der Waals surface area contributed by atoms with Crippen LogP contribution < -0.4 is 10.6 Å². The molecule has 3 aromatic rings. The zero-order valence-electron chi connectivity index (χ0n) is 14.9. The number of para-hydroxylation sites is 1. The van der Waals surface area contributed by atoms with E-state index in [1.54, 1.807) is 23.1 Å². The van der Waals surface area contributed by atoms with E-state index >= 15 is 0 Å². The van der Waals surface area contributed by atoms with Crippen LogP contribution in [0.2, 0.25) is 0 Å². The third-order valence-corrected chi connectivity index (χ3v) is 5.95. The molecule has 0 unspecified atom stereocenters. The second-order valence-corrected chi connectivity index (χ2v) is 7.93. The van der Waals surface area contributed by atoms with E-state index in [0.29, 0.717) is 0 Å². The predicted molar refractivity (Wildman–Crippen MR) is 117 cm³/mol. The Labute approximate surface area is 168 Å². The summed E-state index contributed by atoms with van der Waals surface area (Å²) in [6, 6.07) is 22.2. The van der Waals surface area contributed by atoms with Crippen LogP contribution in [0.3, 0.4) is 0 Å². The van der Waals surface area contributed by atoms with Crippen molar-refractivity contribution in [3.63, 3.8) is 0 Å². The number of benzene rings is 2. The molecule has 0 aliphatic heterocycles. The molecular formula is C22H22N2OS2. The largest absolute Gasteiger partial charge is 0.324 e. The zero-order chi connectivity index (χ0) is 18.9. The number of thioether (sulfide) groups is 1. The highest BCUT2D eigenvalue weighted by molar-refractivity contribution is 7.99. The van der Waals surface area contributed by atoms with Gasteiger partial charge in [0.2, 0.25) is 5.91 Å². The van der Waals surface area contributed by atoms with Crippen LogP contribution in [0, 0.1) is 0 Å². The molecular weight excluding hydrogens is 372 g/mol. The van der Waals surface area contributed by atoms with Crippen LogP contribution in [-0.4, -0.2) is 18.2 Å². The Morgan fingerprint density at radius 3 is 2.59 bits per heavy atom. The van der Waals surface area contributed by atoms with Crippen LogP contribution in [0.15, 0.2) is 89.7 Å². The fraction of sp³-hybridized carbons (Fsp3) is 0.136. The molecule has 0 aliphatic carbocycles. The van der Waals surface area contributed by atoms with E-state index in [-0.39, 0.29) is 18.5 Å². The molecule has 1 amide bonds. The third kappa shape index (κ3) is 5.57. The number of carbonyl (C=O) groups is 1. The van der Waals surface area contributed by atoms with Crippen molar-refractivity contribution in [2.45, 2.75) is 10.9 Å². The highest BCUT2D eigenvalue weighted by Crippen LogP contribution is 2.28. The first-order chi connectivity index (χ1) is 13.3. The van der Waals surface area contributed by atoms with Crippen molar-refractivity contribution >= 4 is 34.7 Å². The van der Waals surface area contributed by atoms with Crippen LogP contribution in [0.5, 0.6) is 0 Å². The molecule has 1 heterocycles. The molecule has 3 nitrogen and oxygen atoms in total. The molecule has 5 heteroatoms. The summed E-state index contributed by atoms with van der Waals surface area (Å²) in [5.74, 6) is 0.749. The minimum absolute atomic E-state index is 0.00216. The minimum Gasteiger partial charge on any atom is -0.324 e. The lowest BCUT2D eigenvalue weighted by Gasteiger charge is -2.18. The molecule has 2 N–H and O–H groups in total. The lowest BCUT2D eigenvalue weighted by molar-refractivity contribution is -0.115. The quantitative estimate of drug-likeness (QED) is 0.380. The van der Waals surface area contributed by atoms with Crippen LogP contribution in [0.25, 0.3) is 0 Å². The number of thiophene rings is 1. The van der Waals surface area contributed by atoms with Crippen LogP contribution in [0.1, 0.15) is 16.5 Å². The van der Waals surface area contributed by atoms with Gasteiger partial charge >= 0.3 is 0 Å². The van der Waals surface area contributed by atoms with E-state index in [1.165, 1.54) is 4.88 Å². The van der Waals surface area contributed by atoms with Crippen LogP contribution >= 0.6 is 23.1 Å². The Balaban J connectivity index is 1.66. The van der Waals surface area contributed by atoms with Crippen molar-refractivity contribution in [2.24, 2.45) is 0 Å². The van der Waals surface area contributed by atoms with Gasteiger partial charge in [-0.1, -0.05) is 54.6 Å². The summed E-state index contributed by atoms with van der Waals surface area (Å²) in [6.07, 6.45) is 1.86. The van der Waals surface area contributed by atoms with E-state index in [2.05, 4.69) is 40.8 Å². The van der Waals surface area contributed by atoms with Gasteiger partial charge in [-0.15, -0.1) is 29.7 Å². The van der Waals surface area contributed by atoms with E-state index in [0.717, 1.165) is 21.9 Å². The highest BCUT2D eigenvalue weighted by Gasteiger charge is 2.16. The normalized spacial score (nSPS) is 11.7. The van der Waals surface area contributed by atoms with Gasteiger partial charge < -0.3 is 5.32 Å².